The molecule has 0 radical (unpaired) electrons. The average Bonchev–Trinajstić information content (AvgIpc) is 3.51. The third-order valence-corrected chi connectivity index (χ3v) is 8.28. The molecule has 0 spiro atoms. The van der Waals surface area contributed by atoms with E-state index in [9.17, 15) is 9.59 Å². The number of hydrogen-bond donors (Lipinski definition) is 1. The maximum atomic E-state index is 12.9. The Morgan fingerprint density at radius 1 is 1.33 bits per heavy atom. The number of thiophene rings is 1. The Morgan fingerprint density at radius 3 is 2.87 bits per heavy atom. The number of methoxy groups -OCH3 is 1. The second kappa shape index (κ2) is 7.89. The molecule has 3 heterocycles. The molecule has 2 saturated carbocycles. The number of esters is 1. The first-order valence-electron chi connectivity index (χ1n) is 10.4. The van der Waals surface area contributed by atoms with Crippen LogP contribution >= 0.6 is 23.1 Å². The lowest BCUT2D eigenvalue weighted by atomic mass is 9.95. The predicted octanol–water partition coefficient (Wildman–Crippen LogP) is 4.19. The summed E-state index contributed by atoms with van der Waals surface area (Å²) in [6.07, 6.45) is 5.22. The van der Waals surface area contributed by atoms with Crippen molar-refractivity contribution < 1.29 is 14.3 Å². The molecule has 2 aliphatic heterocycles. The zero-order valence-corrected chi connectivity index (χ0v) is 18.7. The van der Waals surface area contributed by atoms with Crippen molar-refractivity contribution in [2.75, 3.05) is 7.11 Å². The summed E-state index contributed by atoms with van der Waals surface area (Å²) in [5.74, 6) is 1.11. The molecule has 0 saturated heterocycles. The van der Waals surface area contributed by atoms with Gasteiger partial charge in [-0.2, -0.15) is 11.3 Å². The lowest BCUT2D eigenvalue weighted by molar-refractivity contribution is -0.136. The van der Waals surface area contributed by atoms with E-state index in [-0.39, 0.29) is 24.3 Å². The Bertz CT molecular complexity index is 966. The van der Waals surface area contributed by atoms with Crippen LogP contribution in [0.4, 0.5) is 0 Å². The summed E-state index contributed by atoms with van der Waals surface area (Å²) in [5, 5.41) is 10.1. The highest BCUT2D eigenvalue weighted by molar-refractivity contribution is 8.16. The lowest BCUT2D eigenvalue weighted by Gasteiger charge is -2.35. The number of nitrogens with zero attached hydrogens (tertiary/aromatic N) is 2. The molecule has 2 aliphatic carbocycles. The topological polar surface area (TPSA) is 71.0 Å². The number of carbonyl (C=O) groups excluding carboxylic acids is 2. The van der Waals surface area contributed by atoms with E-state index < -0.39 is 0 Å². The molecule has 0 unspecified atom stereocenters. The first-order chi connectivity index (χ1) is 14.5. The number of thioether (sulfide) groups is 1. The molecule has 2 bridgehead atoms. The number of hydrogen-bond acceptors (Lipinski definition) is 7. The maximum absolute atomic E-state index is 12.9. The molecule has 1 aromatic heterocycles. The number of amides is 1. The van der Waals surface area contributed by atoms with Crippen LogP contribution in [0.1, 0.15) is 50.6 Å². The first kappa shape index (κ1) is 19.9. The molecule has 4 aliphatic rings. The van der Waals surface area contributed by atoms with Gasteiger partial charge < -0.3 is 15.0 Å². The maximum Gasteiger partial charge on any atom is 0.338 e. The van der Waals surface area contributed by atoms with Crippen LogP contribution in [0.5, 0.6) is 0 Å². The van der Waals surface area contributed by atoms with Crippen LogP contribution in [0.3, 0.4) is 0 Å². The van der Waals surface area contributed by atoms with Gasteiger partial charge in [0, 0.05) is 11.7 Å². The standard InChI is InChI=1S/C22H25N3O3S2/c1-12-19(21(27)28-2)20(15-5-6-29-10-15)25-16(11-30-22(25)23-12)9-18(26)24-17-8-13-3-4-14(17)7-13/h5-6,10-11,13-14,17,20H,3-4,7-9H2,1-2H3,(H,24,26)/t13-,14-,17+,20-/m0/s1. The van der Waals surface area contributed by atoms with Gasteiger partial charge in [0.05, 0.1) is 30.8 Å². The molecule has 4 atom stereocenters. The van der Waals surface area contributed by atoms with Gasteiger partial charge in [0.1, 0.15) is 0 Å². The molecular formula is C22H25N3O3S2. The fourth-order valence-corrected chi connectivity index (χ4v) is 6.97. The van der Waals surface area contributed by atoms with Gasteiger partial charge in [0.15, 0.2) is 5.17 Å². The zero-order valence-electron chi connectivity index (χ0n) is 17.1. The Labute approximate surface area is 184 Å². The van der Waals surface area contributed by atoms with Crippen LogP contribution in [0.2, 0.25) is 0 Å². The Balaban J connectivity index is 1.38. The molecular weight excluding hydrogens is 418 g/mol. The highest BCUT2D eigenvalue weighted by Crippen LogP contribution is 2.46. The van der Waals surface area contributed by atoms with Crippen molar-refractivity contribution in [3.8, 4) is 0 Å². The fourth-order valence-electron chi connectivity index (χ4n) is 5.33. The third-order valence-electron chi connectivity index (χ3n) is 6.69. The highest BCUT2D eigenvalue weighted by atomic mass is 32.2. The third kappa shape index (κ3) is 3.39. The first-order valence-corrected chi connectivity index (χ1v) is 12.2. The lowest BCUT2D eigenvalue weighted by Crippen LogP contribution is -2.41. The van der Waals surface area contributed by atoms with Gasteiger partial charge in [-0.05, 0) is 65.8 Å². The summed E-state index contributed by atoms with van der Waals surface area (Å²) >= 11 is 3.09. The van der Waals surface area contributed by atoms with E-state index >= 15 is 0 Å². The van der Waals surface area contributed by atoms with E-state index in [0.29, 0.717) is 23.2 Å². The molecule has 5 rings (SSSR count). The van der Waals surface area contributed by atoms with Gasteiger partial charge in [-0.25, -0.2) is 9.79 Å². The van der Waals surface area contributed by atoms with Gasteiger partial charge in [-0.1, -0.05) is 18.2 Å². The summed E-state index contributed by atoms with van der Waals surface area (Å²) in [7, 11) is 1.39. The van der Waals surface area contributed by atoms with Crippen molar-refractivity contribution in [3.05, 3.63) is 44.8 Å². The van der Waals surface area contributed by atoms with Crippen LogP contribution in [-0.2, 0) is 14.3 Å². The van der Waals surface area contributed by atoms with Crippen LogP contribution in [0.15, 0.2) is 44.2 Å². The van der Waals surface area contributed by atoms with Gasteiger partial charge in [0.25, 0.3) is 0 Å². The van der Waals surface area contributed by atoms with E-state index in [1.807, 2.05) is 34.1 Å². The van der Waals surface area contributed by atoms with E-state index in [1.54, 1.807) is 11.3 Å². The minimum absolute atomic E-state index is 0.0515. The number of amidine groups is 1. The van der Waals surface area contributed by atoms with Gasteiger partial charge in [-0.15, -0.1) is 0 Å². The largest absolute Gasteiger partial charge is 0.466 e. The number of carbonyl (C=O) groups is 2. The number of fused-ring (bicyclic) bond motifs is 3. The second-order valence-electron chi connectivity index (χ2n) is 8.47. The predicted molar refractivity (Wildman–Crippen MR) is 119 cm³/mol. The molecule has 2 fully saturated rings. The smallest absolute Gasteiger partial charge is 0.338 e. The molecule has 0 aromatic carbocycles. The SMILES string of the molecule is COC(=O)C1=C(C)N=C2SC=C(CC(=O)N[C@@H]3C[C@H]4CC[C@H]3C4)N2[C@H]1c1ccsc1. The Kier molecular flexibility index (Phi) is 5.23. The van der Waals surface area contributed by atoms with Crippen LogP contribution in [-0.4, -0.2) is 35.1 Å². The Hall–Kier alpha value is -2.06. The van der Waals surface area contributed by atoms with E-state index in [1.165, 1.54) is 38.1 Å². The van der Waals surface area contributed by atoms with Crippen LogP contribution in [0, 0.1) is 11.8 Å². The molecule has 158 valence electrons. The molecule has 30 heavy (non-hydrogen) atoms. The van der Waals surface area contributed by atoms with E-state index in [4.69, 9.17) is 4.74 Å². The molecule has 1 aromatic rings. The van der Waals surface area contributed by atoms with Crippen molar-refractivity contribution in [1.82, 2.24) is 10.2 Å². The van der Waals surface area contributed by atoms with Crippen LogP contribution in [0.25, 0.3) is 0 Å². The monoisotopic (exact) mass is 443 g/mol. The second-order valence-corrected chi connectivity index (χ2v) is 10.1. The summed E-state index contributed by atoms with van der Waals surface area (Å²) < 4.78 is 5.08. The molecule has 6 nitrogen and oxygen atoms in total. The van der Waals surface area contributed by atoms with Crippen molar-refractivity contribution in [3.63, 3.8) is 0 Å². The van der Waals surface area contributed by atoms with Crippen molar-refractivity contribution in [2.24, 2.45) is 16.8 Å². The number of allylic oxidation sites excluding steroid dienone is 1. The summed E-state index contributed by atoms with van der Waals surface area (Å²) in [5.41, 5.74) is 3.08. The quantitative estimate of drug-likeness (QED) is 0.691. The fraction of sp³-hybridized carbons (Fsp3) is 0.500. The summed E-state index contributed by atoms with van der Waals surface area (Å²) in [4.78, 5) is 32.2. The van der Waals surface area contributed by atoms with Crippen molar-refractivity contribution in [1.29, 1.82) is 0 Å². The number of rotatable bonds is 5. The molecule has 1 amide bonds. The number of ether oxygens (including phenoxy) is 1. The normalized spacial score (nSPS) is 29.6. The highest BCUT2D eigenvalue weighted by Gasteiger charge is 2.43. The minimum Gasteiger partial charge on any atom is -0.466 e. The van der Waals surface area contributed by atoms with Gasteiger partial charge >= 0.3 is 5.97 Å². The van der Waals surface area contributed by atoms with E-state index in [2.05, 4.69) is 10.3 Å². The van der Waals surface area contributed by atoms with Crippen molar-refractivity contribution >= 4 is 40.1 Å². The zero-order chi connectivity index (χ0) is 20.8. The minimum atomic E-state index is -0.380. The summed E-state index contributed by atoms with van der Waals surface area (Å²) in [6, 6.07) is 2.01. The number of nitrogens with one attached hydrogen (secondary N) is 1. The van der Waals surface area contributed by atoms with Crippen molar-refractivity contribution in [2.45, 2.75) is 51.1 Å². The molecule has 1 N–H and O–H groups in total. The Morgan fingerprint density at radius 2 is 2.20 bits per heavy atom. The van der Waals surface area contributed by atoms with Crippen LogP contribution < -0.4 is 5.32 Å². The summed E-state index contributed by atoms with van der Waals surface area (Å²) in [6.45, 7) is 1.84. The molecule has 8 heteroatoms. The number of aliphatic imine (C=N–C) groups is 1. The van der Waals surface area contributed by atoms with Gasteiger partial charge in [-0.3, -0.25) is 4.79 Å². The van der Waals surface area contributed by atoms with Gasteiger partial charge in [0.2, 0.25) is 5.91 Å². The average molecular weight is 444 g/mol. The van der Waals surface area contributed by atoms with E-state index in [0.717, 1.165) is 28.8 Å².